The predicted octanol–water partition coefficient (Wildman–Crippen LogP) is 0.775. The molecule has 1 aromatic heterocycles. The van der Waals surface area contributed by atoms with Crippen LogP contribution < -0.4 is 5.73 Å². The summed E-state index contributed by atoms with van der Waals surface area (Å²) in [4.78, 5) is 22.6. The quantitative estimate of drug-likeness (QED) is 0.887. The van der Waals surface area contributed by atoms with Gasteiger partial charge in [-0.2, -0.15) is 0 Å². The minimum atomic E-state index is -0.291. The molecule has 0 saturated carbocycles. The van der Waals surface area contributed by atoms with Gasteiger partial charge in [0.05, 0.1) is 13.2 Å². The second-order valence-electron chi connectivity index (χ2n) is 5.79. The molecule has 3 rings (SSSR count). The summed E-state index contributed by atoms with van der Waals surface area (Å²) in [6, 6.07) is 0. The number of amides is 1. The molecule has 0 radical (unpaired) electrons. The van der Waals surface area contributed by atoms with Gasteiger partial charge in [-0.25, -0.2) is 4.98 Å². The molecule has 0 aromatic carbocycles. The summed E-state index contributed by atoms with van der Waals surface area (Å²) in [5.74, 6) is 0.984. The maximum Gasteiger partial charge on any atom is 0.223 e. The first kappa shape index (κ1) is 15.2. The summed E-state index contributed by atoms with van der Waals surface area (Å²) in [6.45, 7) is 3.14. The minimum absolute atomic E-state index is 0.183. The number of carbonyl (C=O) groups excluding carboxylic acids is 1. The molecule has 0 aliphatic carbocycles. The number of carbonyl (C=O) groups is 1. The summed E-state index contributed by atoms with van der Waals surface area (Å²) in [7, 11) is 0. The van der Waals surface area contributed by atoms with Crippen LogP contribution in [0.15, 0.2) is 12.4 Å². The van der Waals surface area contributed by atoms with Gasteiger partial charge in [0.2, 0.25) is 5.91 Å². The lowest BCUT2D eigenvalue weighted by Gasteiger charge is -2.34. The zero-order chi connectivity index (χ0) is 15.4. The van der Waals surface area contributed by atoms with Crippen LogP contribution in [-0.4, -0.2) is 53.7 Å². The van der Waals surface area contributed by atoms with Gasteiger partial charge in [-0.3, -0.25) is 9.78 Å². The Morgan fingerprint density at radius 2 is 2.05 bits per heavy atom. The lowest BCUT2D eigenvalue weighted by atomic mass is 9.96. The number of rotatable bonds is 3. The number of ether oxygens (including phenoxy) is 2. The van der Waals surface area contributed by atoms with Crippen LogP contribution in [0.3, 0.4) is 0 Å². The van der Waals surface area contributed by atoms with Crippen molar-refractivity contribution in [1.29, 1.82) is 0 Å². The van der Waals surface area contributed by atoms with E-state index in [2.05, 4.69) is 9.97 Å². The third kappa shape index (κ3) is 3.53. The minimum Gasteiger partial charge on any atom is -0.382 e. The van der Waals surface area contributed by atoms with Crippen LogP contribution in [0.1, 0.15) is 31.1 Å². The molecule has 120 valence electrons. The fourth-order valence-corrected chi connectivity index (χ4v) is 2.98. The molecule has 7 nitrogen and oxygen atoms in total. The van der Waals surface area contributed by atoms with Crippen LogP contribution in [0.2, 0.25) is 0 Å². The van der Waals surface area contributed by atoms with Crippen LogP contribution in [0, 0.1) is 5.92 Å². The highest BCUT2D eigenvalue weighted by Crippen LogP contribution is 2.25. The first-order chi connectivity index (χ1) is 10.7. The first-order valence-corrected chi connectivity index (χ1v) is 7.77. The smallest absolute Gasteiger partial charge is 0.223 e. The van der Waals surface area contributed by atoms with Crippen molar-refractivity contribution in [2.45, 2.75) is 25.4 Å². The van der Waals surface area contributed by atoms with Crippen molar-refractivity contribution in [2.75, 3.05) is 38.6 Å². The zero-order valence-electron chi connectivity index (χ0n) is 12.6. The molecule has 2 aliphatic heterocycles. The van der Waals surface area contributed by atoms with Gasteiger partial charge in [-0.05, 0) is 18.8 Å². The highest BCUT2D eigenvalue weighted by Gasteiger charge is 2.29. The molecule has 2 fully saturated rings. The lowest BCUT2D eigenvalue weighted by Crippen LogP contribution is -2.43. The fraction of sp³-hybridized carbons (Fsp3) is 0.667. The van der Waals surface area contributed by atoms with Crippen molar-refractivity contribution in [2.24, 2.45) is 5.92 Å². The first-order valence-electron chi connectivity index (χ1n) is 7.77. The maximum absolute atomic E-state index is 12.5. The van der Waals surface area contributed by atoms with Crippen molar-refractivity contribution in [3.8, 4) is 0 Å². The Morgan fingerprint density at radius 1 is 1.27 bits per heavy atom. The van der Waals surface area contributed by atoms with Crippen molar-refractivity contribution < 1.29 is 14.3 Å². The average molecular weight is 306 g/mol. The Hall–Kier alpha value is -1.73. The second kappa shape index (κ2) is 7.02. The van der Waals surface area contributed by atoms with Crippen LogP contribution in [0.25, 0.3) is 0 Å². The number of hydrogen-bond acceptors (Lipinski definition) is 6. The van der Waals surface area contributed by atoms with E-state index in [1.807, 2.05) is 4.90 Å². The Morgan fingerprint density at radius 3 is 2.82 bits per heavy atom. The van der Waals surface area contributed by atoms with Crippen molar-refractivity contribution in [3.63, 3.8) is 0 Å². The predicted molar refractivity (Wildman–Crippen MR) is 79.9 cm³/mol. The standard InChI is InChI=1S/C15H22N4O3/c16-15-14(17-3-4-18-15)12-10-19(5-8-22-12)13(20)9-11-1-6-21-7-2-11/h3-4,11-12H,1-2,5-10H2,(H2,16,18). The number of nitrogens with two attached hydrogens (primary N) is 1. The van der Waals surface area contributed by atoms with Crippen LogP contribution in [0.5, 0.6) is 0 Å². The van der Waals surface area contributed by atoms with Crippen molar-refractivity contribution >= 4 is 11.7 Å². The molecule has 0 bridgehead atoms. The molecule has 0 spiro atoms. The molecule has 1 aromatic rings. The topological polar surface area (TPSA) is 90.6 Å². The molecular weight excluding hydrogens is 284 g/mol. The highest BCUT2D eigenvalue weighted by molar-refractivity contribution is 5.76. The Labute approximate surface area is 129 Å². The van der Waals surface area contributed by atoms with Gasteiger partial charge in [-0.1, -0.05) is 0 Å². The molecular formula is C15H22N4O3. The average Bonchev–Trinajstić information content (AvgIpc) is 2.56. The second-order valence-corrected chi connectivity index (χ2v) is 5.79. The maximum atomic E-state index is 12.5. The van der Waals surface area contributed by atoms with Crippen molar-refractivity contribution in [3.05, 3.63) is 18.1 Å². The van der Waals surface area contributed by atoms with E-state index in [9.17, 15) is 4.79 Å². The zero-order valence-corrected chi connectivity index (χ0v) is 12.6. The molecule has 1 unspecified atom stereocenters. The normalized spacial score (nSPS) is 23.5. The van der Waals surface area contributed by atoms with E-state index in [0.717, 1.165) is 26.1 Å². The van der Waals surface area contributed by atoms with Gasteiger partial charge < -0.3 is 20.1 Å². The van der Waals surface area contributed by atoms with E-state index in [1.54, 1.807) is 12.4 Å². The van der Waals surface area contributed by atoms with Gasteiger partial charge in [0.1, 0.15) is 17.6 Å². The van der Waals surface area contributed by atoms with Gasteiger partial charge in [0, 0.05) is 38.6 Å². The highest BCUT2D eigenvalue weighted by atomic mass is 16.5. The summed E-state index contributed by atoms with van der Waals surface area (Å²) in [5, 5.41) is 0. The molecule has 1 atom stereocenters. The SMILES string of the molecule is Nc1nccnc1C1CN(C(=O)CC2CCOCC2)CCO1. The van der Waals surface area contributed by atoms with E-state index in [0.29, 0.717) is 43.5 Å². The Kier molecular flexibility index (Phi) is 4.84. The largest absolute Gasteiger partial charge is 0.382 e. The molecule has 1 amide bonds. The molecule has 7 heteroatoms. The molecule has 22 heavy (non-hydrogen) atoms. The van der Waals surface area contributed by atoms with Gasteiger partial charge in [-0.15, -0.1) is 0 Å². The van der Waals surface area contributed by atoms with E-state index in [-0.39, 0.29) is 12.0 Å². The van der Waals surface area contributed by atoms with E-state index in [4.69, 9.17) is 15.2 Å². The number of nitrogen functional groups attached to an aromatic ring is 1. The monoisotopic (exact) mass is 306 g/mol. The van der Waals surface area contributed by atoms with Crippen LogP contribution >= 0.6 is 0 Å². The number of aromatic nitrogens is 2. The summed E-state index contributed by atoms with van der Waals surface area (Å²) >= 11 is 0. The summed E-state index contributed by atoms with van der Waals surface area (Å²) in [6.07, 6.45) is 5.38. The Bertz CT molecular complexity index is 519. The molecule has 2 saturated heterocycles. The van der Waals surface area contributed by atoms with Gasteiger partial charge >= 0.3 is 0 Å². The van der Waals surface area contributed by atoms with Crippen LogP contribution in [0.4, 0.5) is 5.82 Å². The van der Waals surface area contributed by atoms with Crippen molar-refractivity contribution in [1.82, 2.24) is 14.9 Å². The van der Waals surface area contributed by atoms with Gasteiger partial charge in [0.25, 0.3) is 0 Å². The summed E-state index contributed by atoms with van der Waals surface area (Å²) in [5.41, 5.74) is 6.47. The number of morpholine rings is 1. The number of hydrogen-bond donors (Lipinski definition) is 1. The third-order valence-electron chi connectivity index (χ3n) is 4.28. The number of nitrogens with zero attached hydrogens (tertiary/aromatic N) is 3. The van der Waals surface area contributed by atoms with E-state index < -0.39 is 0 Å². The van der Waals surface area contributed by atoms with E-state index >= 15 is 0 Å². The number of anilines is 1. The Balaban J connectivity index is 1.60. The summed E-state index contributed by atoms with van der Waals surface area (Å²) < 4.78 is 11.1. The lowest BCUT2D eigenvalue weighted by molar-refractivity contribution is -0.140. The van der Waals surface area contributed by atoms with E-state index in [1.165, 1.54) is 0 Å². The third-order valence-corrected chi connectivity index (χ3v) is 4.28. The molecule has 3 heterocycles. The fourth-order valence-electron chi connectivity index (χ4n) is 2.98. The van der Waals surface area contributed by atoms with Gasteiger partial charge in [0.15, 0.2) is 0 Å². The molecule has 2 N–H and O–H groups in total. The van der Waals surface area contributed by atoms with Crippen LogP contribution in [-0.2, 0) is 14.3 Å². The molecule has 2 aliphatic rings.